The molecule has 0 saturated heterocycles. The predicted molar refractivity (Wildman–Crippen MR) is 76.1 cm³/mol. The van der Waals surface area contributed by atoms with E-state index in [4.69, 9.17) is 4.42 Å². The van der Waals surface area contributed by atoms with Gasteiger partial charge in [-0.05, 0) is 30.3 Å². The molecular weight excluding hydrogens is 268 g/mol. The number of hydrogen-bond acceptors (Lipinski definition) is 5. The first-order valence-corrected chi connectivity index (χ1v) is 6.54. The molecule has 0 radical (unpaired) electrons. The monoisotopic (exact) mass is 280 g/mol. The third kappa shape index (κ3) is 2.86. The second kappa shape index (κ2) is 5.66. The number of furan rings is 1. The van der Waals surface area contributed by atoms with Gasteiger partial charge in [0.25, 0.3) is 0 Å². The number of nitrogens with zero attached hydrogens (tertiary/aromatic N) is 2. The molecule has 3 aromatic rings. The van der Waals surface area contributed by atoms with Crippen LogP contribution < -0.4 is 0 Å². The maximum atomic E-state index is 12.1. The van der Waals surface area contributed by atoms with Crippen molar-refractivity contribution in [2.24, 2.45) is 0 Å². The molecule has 0 fully saturated rings. The van der Waals surface area contributed by atoms with E-state index >= 15 is 0 Å². The number of carbonyl (C=O) groups is 2. The van der Waals surface area contributed by atoms with Crippen molar-refractivity contribution in [3.8, 4) is 0 Å². The molecule has 5 nitrogen and oxygen atoms in total. The van der Waals surface area contributed by atoms with Crippen LogP contribution in [0.25, 0.3) is 11.0 Å². The third-order valence-electron chi connectivity index (χ3n) is 3.22. The van der Waals surface area contributed by atoms with Gasteiger partial charge in [-0.3, -0.25) is 9.59 Å². The van der Waals surface area contributed by atoms with Gasteiger partial charge in [0.05, 0.1) is 6.26 Å². The number of fused-ring (bicyclic) bond motifs is 1. The normalized spacial score (nSPS) is 10.7. The molecule has 2 heterocycles. The predicted octanol–water partition coefficient (Wildman–Crippen LogP) is 3.07. The van der Waals surface area contributed by atoms with Crippen LogP contribution in [0.1, 0.15) is 33.7 Å². The Bertz CT molecular complexity index is 793. The maximum Gasteiger partial charge on any atom is 0.181 e. The first-order chi connectivity index (χ1) is 10.2. The summed E-state index contributed by atoms with van der Waals surface area (Å²) in [6.45, 7) is 0. The van der Waals surface area contributed by atoms with Crippen LogP contribution in [0.3, 0.4) is 0 Å². The quantitative estimate of drug-likeness (QED) is 0.671. The van der Waals surface area contributed by atoms with Crippen molar-refractivity contribution in [2.45, 2.75) is 12.8 Å². The van der Waals surface area contributed by atoms with Crippen molar-refractivity contribution in [2.75, 3.05) is 0 Å². The van der Waals surface area contributed by atoms with E-state index in [2.05, 4.69) is 9.97 Å². The average Bonchev–Trinajstić information content (AvgIpc) is 3.00. The van der Waals surface area contributed by atoms with Crippen molar-refractivity contribution in [3.63, 3.8) is 0 Å². The highest BCUT2D eigenvalue weighted by Crippen LogP contribution is 2.18. The first kappa shape index (κ1) is 13.2. The highest BCUT2D eigenvalue weighted by molar-refractivity contribution is 6.02. The molecule has 0 spiro atoms. The van der Waals surface area contributed by atoms with Gasteiger partial charge < -0.3 is 4.42 Å². The Morgan fingerprint density at radius 1 is 1.05 bits per heavy atom. The van der Waals surface area contributed by atoms with Crippen LogP contribution in [0.2, 0.25) is 0 Å². The van der Waals surface area contributed by atoms with E-state index in [0.717, 1.165) is 11.0 Å². The summed E-state index contributed by atoms with van der Waals surface area (Å²) in [4.78, 5) is 31.7. The highest BCUT2D eigenvalue weighted by Gasteiger charge is 2.12. The van der Waals surface area contributed by atoms with Crippen LogP contribution in [0.4, 0.5) is 0 Å². The van der Waals surface area contributed by atoms with E-state index in [-0.39, 0.29) is 24.4 Å². The Morgan fingerprint density at radius 2 is 1.90 bits per heavy atom. The molecule has 0 aliphatic heterocycles. The number of rotatable bonds is 5. The van der Waals surface area contributed by atoms with E-state index in [1.807, 2.05) is 0 Å². The minimum absolute atomic E-state index is 0.0690. The molecule has 21 heavy (non-hydrogen) atoms. The Hall–Kier alpha value is -2.82. The van der Waals surface area contributed by atoms with Crippen LogP contribution in [-0.4, -0.2) is 21.5 Å². The molecule has 0 saturated carbocycles. The van der Waals surface area contributed by atoms with Gasteiger partial charge in [0.1, 0.15) is 17.6 Å². The zero-order chi connectivity index (χ0) is 14.7. The van der Waals surface area contributed by atoms with Crippen LogP contribution in [-0.2, 0) is 0 Å². The fourth-order valence-corrected chi connectivity index (χ4v) is 2.10. The Balaban J connectivity index is 1.67. The van der Waals surface area contributed by atoms with Crippen molar-refractivity contribution < 1.29 is 14.0 Å². The third-order valence-corrected chi connectivity index (χ3v) is 3.22. The van der Waals surface area contributed by atoms with E-state index in [9.17, 15) is 9.59 Å². The molecule has 1 aromatic carbocycles. The molecule has 0 bridgehead atoms. The summed E-state index contributed by atoms with van der Waals surface area (Å²) in [5.41, 5.74) is 1.66. The molecule has 0 atom stereocenters. The van der Waals surface area contributed by atoms with E-state index in [1.165, 1.54) is 12.5 Å². The largest absolute Gasteiger partial charge is 0.464 e. The minimum atomic E-state index is -0.157. The fourth-order valence-electron chi connectivity index (χ4n) is 2.10. The maximum absolute atomic E-state index is 12.1. The Morgan fingerprint density at radius 3 is 2.71 bits per heavy atom. The summed E-state index contributed by atoms with van der Waals surface area (Å²) in [6.07, 6.45) is 4.71. The van der Waals surface area contributed by atoms with E-state index in [1.54, 1.807) is 36.6 Å². The molecule has 0 aliphatic rings. The van der Waals surface area contributed by atoms with Gasteiger partial charge in [-0.2, -0.15) is 0 Å². The highest BCUT2D eigenvalue weighted by atomic mass is 16.3. The standard InChI is InChI=1S/C16H12N2O3/c19-14(2-3-15(20)13-5-7-17-10-18-13)11-1-4-16-12(9-11)6-8-21-16/h1,4-10H,2-3H2. The lowest BCUT2D eigenvalue weighted by molar-refractivity contribution is 0.0915. The SMILES string of the molecule is O=C(CCC(=O)c1ccncn1)c1ccc2occc2c1. The summed E-state index contributed by atoms with van der Waals surface area (Å²) in [6, 6.07) is 8.59. The van der Waals surface area contributed by atoms with Crippen LogP contribution in [0.15, 0.2) is 53.5 Å². The zero-order valence-electron chi connectivity index (χ0n) is 11.2. The number of hydrogen-bond donors (Lipinski definition) is 0. The van der Waals surface area contributed by atoms with Gasteiger partial charge in [-0.25, -0.2) is 9.97 Å². The molecule has 5 heteroatoms. The summed E-state index contributed by atoms with van der Waals surface area (Å²) < 4.78 is 5.23. The summed E-state index contributed by atoms with van der Waals surface area (Å²) in [7, 11) is 0. The summed E-state index contributed by atoms with van der Waals surface area (Å²) >= 11 is 0. The van der Waals surface area contributed by atoms with E-state index in [0.29, 0.717) is 11.3 Å². The molecule has 0 amide bonds. The van der Waals surface area contributed by atoms with Gasteiger partial charge in [0.2, 0.25) is 0 Å². The van der Waals surface area contributed by atoms with Gasteiger partial charge in [-0.1, -0.05) is 0 Å². The molecule has 3 rings (SSSR count). The number of benzene rings is 1. The lowest BCUT2D eigenvalue weighted by Crippen LogP contribution is -2.06. The topological polar surface area (TPSA) is 73.1 Å². The number of carbonyl (C=O) groups excluding carboxylic acids is 2. The zero-order valence-corrected chi connectivity index (χ0v) is 11.2. The van der Waals surface area contributed by atoms with Gasteiger partial charge >= 0.3 is 0 Å². The second-order valence-corrected chi connectivity index (χ2v) is 4.61. The minimum Gasteiger partial charge on any atom is -0.464 e. The number of ketones is 2. The van der Waals surface area contributed by atoms with E-state index < -0.39 is 0 Å². The summed E-state index contributed by atoms with van der Waals surface area (Å²) in [5.74, 6) is -0.226. The van der Waals surface area contributed by atoms with Gasteiger partial charge in [0, 0.05) is 30.0 Å². The Labute approximate surface area is 120 Å². The van der Waals surface area contributed by atoms with Gasteiger partial charge in [0.15, 0.2) is 11.6 Å². The summed E-state index contributed by atoms with van der Waals surface area (Å²) in [5, 5.41) is 0.878. The van der Waals surface area contributed by atoms with Crippen molar-refractivity contribution in [1.29, 1.82) is 0 Å². The average molecular weight is 280 g/mol. The van der Waals surface area contributed by atoms with Crippen molar-refractivity contribution in [1.82, 2.24) is 9.97 Å². The van der Waals surface area contributed by atoms with Crippen molar-refractivity contribution in [3.05, 3.63) is 60.4 Å². The molecule has 0 N–H and O–H groups in total. The fraction of sp³-hybridized carbons (Fsp3) is 0.125. The molecule has 2 aromatic heterocycles. The van der Waals surface area contributed by atoms with Crippen LogP contribution in [0, 0.1) is 0 Å². The lowest BCUT2D eigenvalue weighted by Gasteiger charge is -2.01. The molecule has 104 valence electrons. The smallest absolute Gasteiger partial charge is 0.181 e. The molecule has 0 unspecified atom stereocenters. The van der Waals surface area contributed by atoms with Crippen LogP contribution >= 0.6 is 0 Å². The first-order valence-electron chi connectivity index (χ1n) is 6.54. The second-order valence-electron chi connectivity index (χ2n) is 4.61. The molecule has 0 aliphatic carbocycles. The molecular formula is C16H12N2O3. The van der Waals surface area contributed by atoms with Crippen LogP contribution in [0.5, 0.6) is 0 Å². The van der Waals surface area contributed by atoms with Crippen molar-refractivity contribution >= 4 is 22.5 Å². The van der Waals surface area contributed by atoms with Gasteiger partial charge in [-0.15, -0.1) is 0 Å². The Kier molecular flexibility index (Phi) is 3.55. The lowest BCUT2D eigenvalue weighted by atomic mass is 10.0. The number of aromatic nitrogens is 2. The number of Topliss-reactive ketones (excluding diaryl/α,β-unsaturated/α-hetero) is 2.